The molecule has 0 bridgehead atoms. The number of anilines is 1. The van der Waals surface area contributed by atoms with E-state index < -0.39 is 18.5 Å². The molecule has 110 valence electrons. The molecule has 7 N–H and O–H groups in total. The van der Waals surface area contributed by atoms with Crippen molar-refractivity contribution < 1.29 is 14.7 Å². The summed E-state index contributed by atoms with van der Waals surface area (Å²) < 4.78 is 0. The summed E-state index contributed by atoms with van der Waals surface area (Å²) in [5, 5.41) is 12.3. The molecule has 0 aliphatic rings. The predicted molar refractivity (Wildman–Crippen MR) is 78.9 cm³/mol. The third-order valence-corrected chi connectivity index (χ3v) is 3.10. The topological polar surface area (TPSA) is 134 Å². The van der Waals surface area contributed by atoms with E-state index in [2.05, 4.69) is 10.3 Å². The van der Waals surface area contributed by atoms with Gasteiger partial charge in [0.15, 0.2) is 0 Å². The number of urea groups is 1. The van der Waals surface area contributed by atoms with Gasteiger partial charge >= 0.3 is 6.03 Å². The number of nitrogens with one attached hydrogen (secondary N) is 2. The van der Waals surface area contributed by atoms with Crippen molar-refractivity contribution in [1.82, 2.24) is 4.98 Å². The first-order chi connectivity index (χ1) is 9.93. The number of H-pyrrole nitrogens is 1. The molecule has 21 heavy (non-hydrogen) atoms. The fraction of sp³-hybridized carbons (Fsp3) is 0.0769. The highest BCUT2D eigenvalue weighted by Crippen LogP contribution is 2.32. The molecule has 0 saturated heterocycles. The maximum atomic E-state index is 11.6. The number of nitrogens with two attached hydrogens (primary N) is 2. The van der Waals surface area contributed by atoms with Crippen LogP contribution in [0.15, 0.2) is 24.3 Å². The van der Waals surface area contributed by atoms with Crippen LogP contribution in [0.1, 0.15) is 15.9 Å². The van der Waals surface area contributed by atoms with Crippen LogP contribution in [0.3, 0.4) is 0 Å². The van der Waals surface area contributed by atoms with Gasteiger partial charge in [0, 0.05) is 10.6 Å². The molecule has 2 rings (SSSR count). The number of benzene rings is 1. The molecule has 0 unspecified atom stereocenters. The number of halogens is 1. The van der Waals surface area contributed by atoms with Crippen LogP contribution < -0.4 is 16.8 Å². The average Bonchev–Trinajstić information content (AvgIpc) is 2.76. The molecule has 8 heteroatoms. The molecule has 1 aromatic heterocycles. The molecule has 3 amide bonds. The van der Waals surface area contributed by atoms with Crippen molar-refractivity contribution in [3.63, 3.8) is 0 Å². The van der Waals surface area contributed by atoms with Gasteiger partial charge in [-0.05, 0) is 17.7 Å². The first-order valence-electron chi connectivity index (χ1n) is 5.92. The van der Waals surface area contributed by atoms with Crippen molar-refractivity contribution in [2.24, 2.45) is 11.5 Å². The Bertz CT molecular complexity index is 711. The van der Waals surface area contributed by atoms with Gasteiger partial charge in [0.1, 0.15) is 5.82 Å². The molecule has 7 nitrogen and oxygen atoms in total. The van der Waals surface area contributed by atoms with Gasteiger partial charge in [0.05, 0.1) is 17.9 Å². The van der Waals surface area contributed by atoms with Crippen molar-refractivity contribution in [3.8, 4) is 11.3 Å². The Morgan fingerprint density at radius 3 is 2.57 bits per heavy atom. The molecule has 0 spiro atoms. The molecular weight excluding hydrogens is 296 g/mol. The van der Waals surface area contributed by atoms with Crippen LogP contribution in [0.2, 0.25) is 5.02 Å². The van der Waals surface area contributed by atoms with Crippen LogP contribution in [-0.4, -0.2) is 22.0 Å². The van der Waals surface area contributed by atoms with Gasteiger partial charge in [-0.3, -0.25) is 10.1 Å². The Labute approximate surface area is 124 Å². The SMILES string of the molecule is NC(=O)Nc1[nH]c(-c2cccc(Cl)c2)c(CO)c1C(N)=O. The van der Waals surface area contributed by atoms with Crippen LogP contribution in [-0.2, 0) is 6.61 Å². The minimum Gasteiger partial charge on any atom is -0.392 e. The number of hydrogen-bond donors (Lipinski definition) is 5. The average molecular weight is 309 g/mol. The van der Waals surface area contributed by atoms with E-state index in [-0.39, 0.29) is 16.9 Å². The monoisotopic (exact) mass is 308 g/mol. The number of rotatable bonds is 4. The maximum Gasteiger partial charge on any atom is 0.317 e. The summed E-state index contributed by atoms with van der Waals surface area (Å²) in [6.07, 6.45) is 0. The summed E-state index contributed by atoms with van der Waals surface area (Å²) in [6, 6.07) is 5.91. The minimum absolute atomic E-state index is 0.0220. The molecule has 0 aliphatic carbocycles. The number of hydrogen-bond acceptors (Lipinski definition) is 3. The zero-order valence-electron chi connectivity index (χ0n) is 10.8. The number of carbonyl (C=O) groups is 2. The molecular formula is C13H13ClN4O3. The van der Waals surface area contributed by atoms with Gasteiger partial charge in [0.25, 0.3) is 5.91 Å². The van der Waals surface area contributed by atoms with E-state index in [1.807, 2.05) is 0 Å². The lowest BCUT2D eigenvalue weighted by Gasteiger charge is -2.03. The number of aromatic amines is 1. The Morgan fingerprint density at radius 2 is 2.05 bits per heavy atom. The maximum absolute atomic E-state index is 11.6. The molecule has 0 aliphatic heterocycles. The zero-order valence-corrected chi connectivity index (χ0v) is 11.6. The molecule has 0 radical (unpaired) electrons. The van der Waals surface area contributed by atoms with Crippen molar-refractivity contribution in [1.29, 1.82) is 0 Å². The summed E-state index contributed by atoms with van der Waals surface area (Å²) in [5.41, 5.74) is 11.6. The van der Waals surface area contributed by atoms with Crippen LogP contribution in [0.5, 0.6) is 0 Å². The largest absolute Gasteiger partial charge is 0.392 e. The Balaban J connectivity index is 2.66. The normalized spacial score (nSPS) is 10.4. The smallest absolute Gasteiger partial charge is 0.317 e. The van der Waals surface area contributed by atoms with E-state index >= 15 is 0 Å². The van der Waals surface area contributed by atoms with E-state index in [9.17, 15) is 14.7 Å². The number of aliphatic hydroxyl groups excluding tert-OH is 1. The predicted octanol–water partition coefficient (Wildman–Crippen LogP) is 1.42. The summed E-state index contributed by atoms with van der Waals surface area (Å²) in [4.78, 5) is 25.4. The molecule has 0 atom stereocenters. The molecule has 2 aromatic rings. The quantitative estimate of drug-likeness (QED) is 0.584. The highest BCUT2D eigenvalue weighted by molar-refractivity contribution is 6.30. The lowest BCUT2D eigenvalue weighted by molar-refractivity contribution is 0.0998. The third kappa shape index (κ3) is 2.99. The highest BCUT2D eigenvalue weighted by Gasteiger charge is 2.22. The molecule has 1 aromatic carbocycles. The van der Waals surface area contributed by atoms with Gasteiger partial charge in [-0.2, -0.15) is 0 Å². The van der Waals surface area contributed by atoms with Gasteiger partial charge in [0.2, 0.25) is 0 Å². The first-order valence-corrected chi connectivity index (χ1v) is 6.29. The Morgan fingerprint density at radius 1 is 1.33 bits per heavy atom. The number of aromatic nitrogens is 1. The van der Waals surface area contributed by atoms with E-state index in [4.69, 9.17) is 23.1 Å². The van der Waals surface area contributed by atoms with E-state index in [1.54, 1.807) is 24.3 Å². The zero-order chi connectivity index (χ0) is 15.6. The minimum atomic E-state index is -0.860. The van der Waals surface area contributed by atoms with Crippen molar-refractivity contribution in [2.45, 2.75) is 6.61 Å². The number of primary amides is 2. The van der Waals surface area contributed by atoms with Crippen molar-refractivity contribution >= 4 is 29.4 Å². The molecule has 1 heterocycles. The lowest BCUT2D eigenvalue weighted by Crippen LogP contribution is -2.22. The third-order valence-electron chi connectivity index (χ3n) is 2.87. The van der Waals surface area contributed by atoms with Gasteiger partial charge in [-0.25, -0.2) is 4.79 Å². The van der Waals surface area contributed by atoms with Crippen LogP contribution in [0, 0.1) is 0 Å². The van der Waals surface area contributed by atoms with Crippen molar-refractivity contribution in [2.75, 3.05) is 5.32 Å². The first kappa shape index (κ1) is 14.9. The van der Waals surface area contributed by atoms with Crippen LogP contribution in [0.4, 0.5) is 10.6 Å². The fourth-order valence-electron chi connectivity index (χ4n) is 2.08. The summed E-state index contributed by atoms with van der Waals surface area (Å²) in [6.45, 7) is -0.447. The lowest BCUT2D eigenvalue weighted by atomic mass is 10.0. The number of aliphatic hydroxyl groups is 1. The fourth-order valence-corrected chi connectivity index (χ4v) is 2.27. The van der Waals surface area contributed by atoms with Crippen LogP contribution >= 0.6 is 11.6 Å². The van der Waals surface area contributed by atoms with Crippen LogP contribution in [0.25, 0.3) is 11.3 Å². The summed E-state index contributed by atoms with van der Waals surface area (Å²) in [5.74, 6) is -0.763. The van der Waals surface area contributed by atoms with E-state index in [0.717, 1.165) is 0 Å². The second-order valence-electron chi connectivity index (χ2n) is 4.25. The summed E-state index contributed by atoms with van der Waals surface area (Å²) >= 11 is 5.93. The number of amides is 3. The molecule has 0 saturated carbocycles. The van der Waals surface area contributed by atoms with Gasteiger partial charge in [-0.15, -0.1) is 0 Å². The highest BCUT2D eigenvalue weighted by atomic mass is 35.5. The second kappa shape index (κ2) is 5.86. The number of carbonyl (C=O) groups excluding carboxylic acids is 2. The molecule has 0 fully saturated rings. The van der Waals surface area contributed by atoms with Crippen molar-refractivity contribution in [3.05, 3.63) is 40.4 Å². The van der Waals surface area contributed by atoms with Gasteiger partial charge < -0.3 is 21.6 Å². The Hall–Kier alpha value is -2.51. The standard InChI is InChI=1S/C13H13ClN4O3/c14-7-3-1-2-6(4-7)10-8(5-19)9(11(15)20)12(17-10)18-13(16)21/h1-4,17,19H,5H2,(H2,15,20)(H3,16,18,21). The van der Waals surface area contributed by atoms with E-state index in [1.165, 1.54) is 0 Å². The van der Waals surface area contributed by atoms with Gasteiger partial charge in [-0.1, -0.05) is 23.7 Å². The summed E-state index contributed by atoms with van der Waals surface area (Å²) in [7, 11) is 0. The second-order valence-corrected chi connectivity index (χ2v) is 4.69. The van der Waals surface area contributed by atoms with E-state index in [0.29, 0.717) is 16.3 Å². The Kier molecular flexibility index (Phi) is 4.15.